The summed E-state index contributed by atoms with van der Waals surface area (Å²) in [5.74, 6) is 7.77. The predicted molar refractivity (Wildman–Crippen MR) is 198 cm³/mol. The minimum Gasteiger partial charge on any atom is -0.390 e. The third kappa shape index (κ3) is 5.96. The van der Waals surface area contributed by atoms with Crippen LogP contribution in [0.5, 0.6) is 0 Å². The first-order valence-electron chi connectivity index (χ1n) is 20.7. The van der Waals surface area contributed by atoms with E-state index in [1.807, 2.05) is 44.2 Å². The maximum atomic E-state index is 13.5. The molecule has 50 heavy (non-hydrogen) atoms. The lowest BCUT2D eigenvalue weighted by atomic mass is 9.50. The molecule has 8 saturated carbocycles. The minimum atomic E-state index is -1.24. The summed E-state index contributed by atoms with van der Waals surface area (Å²) in [5.41, 5.74) is -1.17. The molecule has 2 N–H and O–H groups in total. The molecular weight excluding hydrogens is 641 g/mol. The molecule has 8 aliphatic rings. The Morgan fingerprint density at radius 1 is 0.600 bits per heavy atom. The van der Waals surface area contributed by atoms with Crippen molar-refractivity contribution in [2.75, 3.05) is 0 Å². The molecular formula is C44H64O5S. The average Bonchev–Trinajstić information content (AvgIpc) is 3.55. The highest BCUT2D eigenvalue weighted by Crippen LogP contribution is 2.64. The van der Waals surface area contributed by atoms with Crippen molar-refractivity contribution in [1.29, 1.82) is 0 Å². The summed E-state index contributed by atoms with van der Waals surface area (Å²) in [6.07, 6.45) is 18.5. The number of hydrogen-bond acceptors (Lipinski definition) is 5. The second-order valence-corrected chi connectivity index (χ2v) is 21.6. The van der Waals surface area contributed by atoms with Gasteiger partial charge in [0.25, 0.3) is 0 Å². The van der Waals surface area contributed by atoms with Crippen molar-refractivity contribution in [2.24, 2.45) is 70.0 Å². The Bertz CT molecular complexity index is 1490. The lowest BCUT2D eigenvalue weighted by molar-refractivity contribution is -0.135. The van der Waals surface area contributed by atoms with Crippen LogP contribution in [-0.4, -0.2) is 42.4 Å². The van der Waals surface area contributed by atoms with Gasteiger partial charge in [0.2, 0.25) is 0 Å². The molecule has 0 heterocycles. The van der Waals surface area contributed by atoms with Crippen molar-refractivity contribution < 1.29 is 24.0 Å². The predicted octanol–water partition coefficient (Wildman–Crippen LogP) is 8.70. The zero-order valence-corrected chi connectivity index (χ0v) is 32.1. The summed E-state index contributed by atoms with van der Waals surface area (Å²) >= 11 is 0. The highest BCUT2D eigenvalue weighted by atomic mass is 32.2. The van der Waals surface area contributed by atoms with Gasteiger partial charge in [0.15, 0.2) is 5.78 Å². The van der Waals surface area contributed by atoms with E-state index in [2.05, 4.69) is 13.8 Å². The molecule has 0 spiro atoms. The summed E-state index contributed by atoms with van der Waals surface area (Å²) in [6, 6.07) is 9.56. The van der Waals surface area contributed by atoms with Gasteiger partial charge in [0, 0.05) is 22.1 Å². The third-order valence-corrected chi connectivity index (χ3v) is 18.8. The lowest BCUT2D eigenvalue weighted by Gasteiger charge is -2.55. The van der Waals surface area contributed by atoms with Crippen LogP contribution in [0.1, 0.15) is 137 Å². The molecule has 2 unspecified atom stereocenters. The van der Waals surface area contributed by atoms with Gasteiger partial charge in [0.1, 0.15) is 5.78 Å². The Kier molecular flexibility index (Phi) is 9.19. The van der Waals surface area contributed by atoms with Crippen molar-refractivity contribution in [3.8, 4) is 0 Å². The number of carbonyl (C=O) groups is 2. The number of ketones is 2. The van der Waals surface area contributed by atoms with E-state index in [1.54, 1.807) is 0 Å². The largest absolute Gasteiger partial charge is 0.390 e. The monoisotopic (exact) mass is 704 g/mol. The van der Waals surface area contributed by atoms with Crippen molar-refractivity contribution >= 4 is 22.4 Å². The number of rotatable bonds is 2. The van der Waals surface area contributed by atoms with Gasteiger partial charge >= 0.3 is 0 Å². The van der Waals surface area contributed by atoms with E-state index >= 15 is 0 Å². The van der Waals surface area contributed by atoms with E-state index in [0.29, 0.717) is 41.3 Å². The van der Waals surface area contributed by atoms with Gasteiger partial charge in [-0.25, -0.2) is 0 Å². The molecule has 0 radical (unpaired) electrons. The zero-order chi connectivity index (χ0) is 35.2. The smallest absolute Gasteiger partial charge is 0.154 e. The standard InChI is InChI=1S/C25H34O3S.C19H30O2/c1-24(27)12-10-18-16(15-24)8-9-20-19(18)11-13-25(2)21(20)14-22(23(25)26)29(28)17-6-4-3-5-7-17;1-18(21)9-7-13-12(11-18)3-4-15-14(13)8-10-19(2)16(15)5-6-17(19)20/h3-7,16,18-22,27H,8-15H2,1-2H3;12-16,21H,3-11H2,1-2H3/t16-,18+,19-,20-,21+,22?,24-,25+,29?;12-,13+,14-,15-,16+,18-,19+/m11/s1. The van der Waals surface area contributed by atoms with Crippen LogP contribution < -0.4 is 0 Å². The quantitative estimate of drug-likeness (QED) is 0.322. The SMILES string of the molecule is C[C@@]1(O)CC[C@H]2[C@H](CC[C@@H]3[C@@H]2CC[C@]2(C)C(=O)C(S(=O)c4ccccc4)C[C@@H]32)C1.C[C@@]1(O)CC[C@H]2[C@H](CC[C@@H]3[C@@H]2CC[C@]2(C)C(=O)CC[C@@H]32)C1. The molecule has 1 aromatic rings. The second kappa shape index (κ2) is 12.9. The Morgan fingerprint density at radius 3 is 1.70 bits per heavy atom. The van der Waals surface area contributed by atoms with Gasteiger partial charge in [-0.3, -0.25) is 13.8 Å². The fourth-order valence-corrected chi connectivity index (χ4v) is 16.2. The van der Waals surface area contributed by atoms with Crippen molar-refractivity contribution in [3.63, 3.8) is 0 Å². The van der Waals surface area contributed by atoms with Crippen LogP contribution in [0, 0.1) is 70.0 Å². The maximum Gasteiger partial charge on any atom is 0.154 e. The van der Waals surface area contributed by atoms with E-state index in [0.717, 1.165) is 99.2 Å². The fourth-order valence-electron chi connectivity index (χ4n) is 14.6. The third-order valence-electron chi connectivity index (χ3n) is 17.1. The first-order valence-corrected chi connectivity index (χ1v) is 21.9. The Labute approximate surface area is 304 Å². The van der Waals surface area contributed by atoms with Gasteiger partial charge in [-0.1, -0.05) is 32.0 Å². The average molecular weight is 705 g/mol. The molecule has 0 amide bonds. The van der Waals surface area contributed by atoms with E-state index < -0.39 is 22.0 Å². The first kappa shape index (κ1) is 35.6. The van der Waals surface area contributed by atoms with Crippen molar-refractivity contribution in [2.45, 2.75) is 158 Å². The summed E-state index contributed by atoms with van der Waals surface area (Å²) in [5, 5.41) is 20.6. The molecule has 0 aliphatic heterocycles. The molecule has 16 atom stereocenters. The highest BCUT2D eigenvalue weighted by molar-refractivity contribution is 7.86. The molecule has 0 aromatic heterocycles. The van der Waals surface area contributed by atoms with Crippen LogP contribution in [0.15, 0.2) is 35.2 Å². The van der Waals surface area contributed by atoms with Gasteiger partial charge in [-0.2, -0.15) is 0 Å². The summed E-state index contributed by atoms with van der Waals surface area (Å²) in [4.78, 5) is 26.6. The Hall–Kier alpha value is -1.37. The number of benzene rings is 1. The van der Waals surface area contributed by atoms with Crippen LogP contribution >= 0.6 is 0 Å². The summed E-state index contributed by atoms with van der Waals surface area (Å²) in [6.45, 7) is 8.48. The molecule has 0 bridgehead atoms. The van der Waals surface area contributed by atoms with Gasteiger partial charge in [0.05, 0.1) is 27.3 Å². The Balaban J connectivity index is 0.000000152. The number of hydrogen-bond donors (Lipinski definition) is 2. The van der Waals surface area contributed by atoms with E-state index in [9.17, 15) is 24.0 Å². The fraction of sp³-hybridized carbons (Fsp3) is 0.818. The Morgan fingerprint density at radius 2 is 1.12 bits per heavy atom. The van der Waals surface area contributed by atoms with Crippen LogP contribution in [0.4, 0.5) is 0 Å². The molecule has 9 rings (SSSR count). The molecule has 276 valence electrons. The van der Waals surface area contributed by atoms with Crippen LogP contribution in [-0.2, 0) is 20.4 Å². The number of fused-ring (bicyclic) bond motifs is 10. The molecule has 0 saturated heterocycles. The van der Waals surface area contributed by atoms with Crippen molar-refractivity contribution in [1.82, 2.24) is 0 Å². The number of carbonyl (C=O) groups excluding carboxylic acids is 2. The van der Waals surface area contributed by atoms with E-state index in [1.165, 1.54) is 38.5 Å². The van der Waals surface area contributed by atoms with Gasteiger partial charge < -0.3 is 10.2 Å². The highest BCUT2D eigenvalue weighted by Gasteiger charge is 2.61. The van der Waals surface area contributed by atoms with Gasteiger partial charge in [-0.15, -0.1) is 0 Å². The van der Waals surface area contributed by atoms with E-state index in [4.69, 9.17) is 0 Å². The normalized spacial score (nSPS) is 51.4. The molecule has 5 nitrogen and oxygen atoms in total. The van der Waals surface area contributed by atoms with Crippen LogP contribution in [0.3, 0.4) is 0 Å². The van der Waals surface area contributed by atoms with Crippen LogP contribution in [0.2, 0.25) is 0 Å². The number of Topliss-reactive ketones (excluding diaryl/α,β-unsaturated/α-hetero) is 2. The first-order chi connectivity index (χ1) is 23.7. The summed E-state index contributed by atoms with van der Waals surface area (Å²) < 4.78 is 13.3. The molecule has 1 aromatic carbocycles. The van der Waals surface area contributed by atoms with Gasteiger partial charge in [-0.05, 0) is 188 Å². The lowest BCUT2D eigenvalue weighted by Crippen LogP contribution is -2.50. The summed E-state index contributed by atoms with van der Waals surface area (Å²) in [7, 11) is -1.24. The van der Waals surface area contributed by atoms with Crippen molar-refractivity contribution in [3.05, 3.63) is 30.3 Å². The maximum absolute atomic E-state index is 13.5. The zero-order valence-electron chi connectivity index (χ0n) is 31.3. The molecule has 8 aliphatic carbocycles. The van der Waals surface area contributed by atoms with Crippen LogP contribution in [0.25, 0.3) is 0 Å². The minimum absolute atomic E-state index is 0.0220. The molecule has 6 heteroatoms. The number of aliphatic hydroxyl groups is 2. The van der Waals surface area contributed by atoms with E-state index in [-0.39, 0.29) is 21.9 Å². The topological polar surface area (TPSA) is 91.7 Å². The second-order valence-electron chi connectivity index (χ2n) is 19.9. The molecule has 8 fully saturated rings.